The monoisotopic (exact) mass is 356 g/mol. The lowest BCUT2D eigenvalue weighted by Crippen LogP contribution is -2.32. The first-order valence-corrected chi connectivity index (χ1v) is 8.88. The summed E-state index contributed by atoms with van der Waals surface area (Å²) in [4.78, 5) is 11.9. The molecule has 0 saturated heterocycles. The van der Waals surface area contributed by atoms with Gasteiger partial charge in [0.15, 0.2) is 11.6 Å². The van der Waals surface area contributed by atoms with Crippen molar-refractivity contribution in [2.24, 2.45) is 0 Å². The van der Waals surface area contributed by atoms with Gasteiger partial charge in [-0.15, -0.1) is 0 Å². The Morgan fingerprint density at radius 1 is 1.08 bits per heavy atom. The summed E-state index contributed by atoms with van der Waals surface area (Å²) < 4.78 is 54.4. The molecule has 0 saturated carbocycles. The van der Waals surface area contributed by atoms with Crippen molar-refractivity contribution in [3.05, 3.63) is 64.1 Å². The number of pyridine rings is 1. The quantitative estimate of drug-likeness (QED) is 0.797. The fourth-order valence-electron chi connectivity index (χ4n) is 2.35. The number of hydrogen-bond donors (Lipinski definition) is 0. The van der Waals surface area contributed by atoms with E-state index in [0.29, 0.717) is 0 Å². The van der Waals surface area contributed by atoms with Gasteiger partial charge in [-0.2, -0.15) is 4.31 Å². The molecule has 24 heavy (non-hydrogen) atoms. The molecular formula is C16H18F2N2O3S. The topological polar surface area (TPSA) is 59.4 Å². The molecule has 0 bridgehead atoms. The van der Waals surface area contributed by atoms with Crippen LogP contribution in [0.5, 0.6) is 0 Å². The first kappa shape index (κ1) is 18.3. The molecule has 1 aromatic heterocycles. The molecule has 0 aliphatic heterocycles. The van der Waals surface area contributed by atoms with Crippen molar-refractivity contribution in [2.45, 2.75) is 25.3 Å². The van der Waals surface area contributed by atoms with Gasteiger partial charge in [-0.1, -0.05) is 26.0 Å². The maximum Gasteiger partial charge on any atom is 0.250 e. The van der Waals surface area contributed by atoms with Crippen molar-refractivity contribution in [2.75, 3.05) is 13.1 Å². The summed E-state index contributed by atoms with van der Waals surface area (Å²) in [7, 11) is -3.75. The number of aromatic nitrogens is 1. The number of benzene rings is 1. The van der Waals surface area contributed by atoms with Crippen LogP contribution in [0.1, 0.15) is 19.4 Å². The van der Waals surface area contributed by atoms with Gasteiger partial charge in [0.25, 0.3) is 5.56 Å². The van der Waals surface area contributed by atoms with Crippen LogP contribution in [0.3, 0.4) is 0 Å². The highest BCUT2D eigenvalue weighted by molar-refractivity contribution is 7.89. The molecule has 2 aromatic rings. The van der Waals surface area contributed by atoms with Crippen LogP contribution in [0.4, 0.5) is 8.78 Å². The van der Waals surface area contributed by atoms with E-state index in [4.69, 9.17) is 0 Å². The third-order valence-electron chi connectivity index (χ3n) is 3.67. The first-order valence-electron chi connectivity index (χ1n) is 7.44. The zero-order valence-corrected chi connectivity index (χ0v) is 14.2. The van der Waals surface area contributed by atoms with E-state index < -0.39 is 27.2 Å². The third kappa shape index (κ3) is 3.54. The summed E-state index contributed by atoms with van der Waals surface area (Å²) in [6.45, 7) is 3.73. The first-order chi connectivity index (χ1) is 11.3. The van der Waals surface area contributed by atoms with E-state index in [1.54, 1.807) is 13.8 Å². The molecule has 0 unspecified atom stereocenters. The van der Waals surface area contributed by atoms with E-state index >= 15 is 0 Å². The van der Waals surface area contributed by atoms with Gasteiger partial charge in [-0.3, -0.25) is 4.79 Å². The maximum atomic E-state index is 13.8. The normalized spacial score (nSPS) is 11.9. The van der Waals surface area contributed by atoms with E-state index in [9.17, 15) is 22.0 Å². The Morgan fingerprint density at radius 2 is 1.75 bits per heavy atom. The Morgan fingerprint density at radius 3 is 2.38 bits per heavy atom. The van der Waals surface area contributed by atoms with Crippen LogP contribution in [0, 0.1) is 11.6 Å². The van der Waals surface area contributed by atoms with Gasteiger partial charge in [-0.25, -0.2) is 17.2 Å². The van der Waals surface area contributed by atoms with Gasteiger partial charge < -0.3 is 4.57 Å². The number of sulfonamides is 1. The molecule has 0 radical (unpaired) electrons. The summed E-state index contributed by atoms with van der Waals surface area (Å²) in [5.41, 5.74) is -0.536. The minimum absolute atomic E-state index is 0.0329. The number of rotatable bonds is 6. The minimum Gasteiger partial charge on any atom is -0.310 e. The molecule has 0 fully saturated rings. The van der Waals surface area contributed by atoms with Crippen molar-refractivity contribution in [1.29, 1.82) is 0 Å². The fourth-order valence-corrected chi connectivity index (χ4v) is 3.83. The van der Waals surface area contributed by atoms with Gasteiger partial charge in [0.1, 0.15) is 0 Å². The summed E-state index contributed by atoms with van der Waals surface area (Å²) in [6.07, 6.45) is 1.15. The largest absolute Gasteiger partial charge is 0.310 e. The number of nitrogens with zero attached hydrogens (tertiary/aromatic N) is 2. The average molecular weight is 356 g/mol. The highest BCUT2D eigenvalue weighted by Gasteiger charge is 2.22. The standard InChI is InChI=1S/C16H18F2N2O3S/c1-3-20(4-2)24(22,23)13-8-9-15(21)19(11-13)10-12-6-5-7-14(17)16(12)18/h5-9,11H,3-4,10H2,1-2H3. The van der Waals surface area contributed by atoms with Crippen LogP contribution in [-0.4, -0.2) is 30.4 Å². The van der Waals surface area contributed by atoms with E-state index in [2.05, 4.69) is 0 Å². The molecule has 0 aliphatic rings. The minimum atomic E-state index is -3.75. The summed E-state index contributed by atoms with van der Waals surface area (Å²) in [6, 6.07) is 5.97. The lowest BCUT2D eigenvalue weighted by Gasteiger charge is -2.19. The van der Waals surface area contributed by atoms with Crippen molar-refractivity contribution < 1.29 is 17.2 Å². The fraction of sp³-hybridized carbons (Fsp3) is 0.312. The third-order valence-corrected chi connectivity index (χ3v) is 5.71. The lowest BCUT2D eigenvalue weighted by atomic mass is 10.2. The molecule has 0 amide bonds. The molecular weight excluding hydrogens is 338 g/mol. The van der Waals surface area contributed by atoms with E-state index in [1.807, 2.05) is 0 Å². The molecule has 2 rings (SSSR count). The molecule has 1 aromatic carbocycles. The van der Waals surface area contributed by atoms with Crippen molar-refractivity contribution in [3.63, 3.8) is 0 Å². The van der Waals surface area contributed by atoms with Crippen LogP contribution in [0.15, 0.2) is 46.2 Å². The molecule has 5 nitrogen and oxygen atoms in total. The smallest absolute Gasteiger partial charge is 0.250 e. The predicted molar refractivity (Wildman–Crippen MR) is 86.3 cm³/mol. The summed E-state index contributed by atoms with van der Waals surface area (Å²) >= 11 is 0. The van der Waals surface area contributed by atoms with E-state index in [0.717, 1.165) is 22.9 Å². The Balaban J connectivity index is 2.47. The van der Waals surface area contributed by atoms with Crippen LogP contribution in [-0.2, 0) is 16.6 Å². The van der Waals surface area contributed by atoms with Crippen LogP contribution >= 0.6 is 0 Å². The van der Waals surface area contributed by atoms with E-state index in [-0.39, 0.29) is 30.1 Å². The second-order valence-electron chi connectivity index (χ2n) is 5.13. The van der Waals surface area contributed by atoms with Gasteiger partial charge in [0.05, 0.1) is 11.4 Å². The summed E-state index contributed by atoms with van der Waals surface area (Å²) in [5, 5.41) is 0. The van der Waals surface area contributed by atoms with Gasteiger partial charge >= 0.3 is 0 Å². The van der Waals surface area contributed by atoms with Crippen molar-refractivity contribution >= 4 is 10.0 Å². The van der Waals surface area contributed by atoms with Crippen LogP contribution in [0.2, 0.25) is 0 Å². The van der Waals surface area contributed by atoms with Crippen molar-refractivity contribution in [1.82, 2.24) is 8.87 Å². The maximum absolute atomic E-state index is 13.8. The zero-order valence-electron chi connectivity index (χ0n) is 13.4. The second-order valence-corrected chi connectivity index (χ2v) is 7.07. The van der Waals surface area contributed by atoms with E-state index in [1.165, 1.54) is 22.5 Å². The molecule has 0 atom stereocenters. The van der Waals surface area contributed by atoms with Gasteiger partial charge in [0, 0.05) is 30.9 Å². The number of halogens is 2. The van der Waals surface area contributed by atoms with Crippen LogP contribution in [0.25, 0.3) is 0 Å². The Labute approximate surface area is 139 Å². The molecule has 0 N–H and O–H groups in total. The average Bonchev–Trinajstić information content (AvgIpc) is 2.54. The molecule has 0 spiro atoms. The van der Waals surface area contributed by atoms with Crippen LogP contribution < -0.4 is 5.56 Å². The second kappa shape index (κ2) is 7.23. The predicted octanol–water partition coefficient (Wildman–Crippen LogP) is 2.21. The Kier molecular flexibility index (Phi) is 5.51. The highest BCUT2D eigenvalue weighted by atomic mass is 32.2. The Hall–Kier alpha value is -2.06. The molecule has 130 valence electrons. The summed E-state index contributed by atoms with van der Waals surface area (Å²) in [5.74, 6) is -2.08. The molecule has 0 aliphatic carbocycles. The molecule has 8 heteroatoms. The number of hydrogen-bond acceptors (Lipinski definition) is 3. The van der Waals surface area contributed by atoms with Gasteiger partial charge in [-0.05, 0) is 12.1 Å². The van der Waals surface area contributed by atoms with Gasteiger partial charge in [0.2, 0.25) is 10.0 Å². The zero-order chi connectivity index (χ0) is 17.9. The lowest BCUT2D eigenvalue weighted by molar-refractivity contribution is 0.444. The molecule has 1 heterocycles. The SMILES string of the molecule is CCN(CC)S(=O)(=O)c1ccc(=O)n(Cc2cccc(F)c2F)c1. The van der Waals surface area contributed by atoms with Crippen molar-refractivity contribution in [3.8, 4) is 0 Å². The highest BCUT2D eigenvalue weighted by Crippen LogP contribution is 2.16. The Bertz CT molecular complexity index is 890.